The lowest BCUT2D eigenvalue weighted by Crippen LogP contribution is -2.06. The molecule has 0 bridgehead atoms. The van der Waals surface area contributed by atoms with E-state index >= 15 is 0 Å². The van der Waals surface area contributed by atoms with Crippen LogP contribution in [0.25, 0.3) is 10.8 Å². The molecule has 1 unspecified atom stereocenters. The van der Waals surface area contributed by atoms with Gasteiger partial charge < -0.3 is 10.3 Å². The van der Waals surface area contributed by atoms with Crippen molar-refractivity contribution in [1.29, 1.82) is 0 Å². The molecule has 0 radical (unpaired) electrons. The molecule has 1 fully saturated rings. The zero-order valence-corrected chi connectivity index (χ0v) is 13.0. The van der Waals surface area contributed by atoms with Gasteiger partial charge in [0.15, 0.2) is 11.1 Å². The van der Waals surface area contributed by atoms with Gasteiger partial charge >= 0.3 is 0 Å². The molecule has 2 aliphatic rings. The maximum atomic E-state index is 11.8. The number of rotatable bonds is 3. The van der Waals surface area contributed by atoms with Crippen molar-refractivity contribution in [2.45, 2.75) is 42.0 Å². The van der Waals surface area contributed by atoms with Gasteiger partial charge in [-0.05, 0) is 42.5 Å². The van der Waals surface area contributed by atoms with Crippen molar-refractivity contribution >= 4 is 21.9 Å². The molecule has 3 N–H and O–H groups in total. The number of nitrogens with zero attached hydrogens (tertiary/aromatic N) is 1. The van der Waals surface area contributed by atoms with Crippen LogP contribution in [0, 0.1) is 0 Å². The smallest absolute Gasteiger partial charge is 0.187 e. The van der Waals surface area contributed by atoms with Crippen molar-refractivity contribution < 1.29 is 8.76 Å². The van der Waals surface area contributed by atoms with Crippen LogP contribution in [-0.2, 0) is 11.1 Å². The first kappa shape index (κ1) is 14.1. The molecule has 3 atom stereocenters. The summed E-state index contributed by atoms with van der Waals surface area (Å²) in [5, 5.41) is 1.77. The van der Waals surface area contributed by atoms with E-state index in [4.69, 9.17) is 5.73 Å². The first-order chi connectivity index (χ1) is 10.6. The lowest BCUT2D eigenvalue weighted by Gasteiger charge is -2.14. The van der Waals surface area contributed by atoms with E-state index in [9.17, 15) is 8.76 Å². The van der Waals surface area contributed by atoms with Gasteiger partial charge in [0, 0.05) is 40.5 Å². The zero-order chi connectivity index (χ0) is 15.4. The molecular formula is C17H18N2O2S. The second-order valence-corrected chi connectivity index (χ2v) is 7.18. The van der Waals surface area contributed by atoms with Crippen molar-refractivity contribution in [2.75, 3.05) is 0 Å². The third kappa shape index (κ3) is 2.04. The van der Waals surface area contributed by atoms with E-state index in [-0.39, 0.29) is 12.0 Å². The molecule has 0 amide bonds. The molecule has 0 spiro atoms. The van der Waals surface area contributed by atoms with Gasteiger partial charge in [0.1, 0.15) is 0 Å². The summed E-state index contributed by atoms with van der Waals surface area (Å²) >= 11 is -2.03. The number of fused-ring (bicyclic) bond motifs is 3. The fourth-order valence-corrected chi connectivity index (χ4v) is 4.13. The number of hydrogen-bond acceptors (Lipinski definition) is 3. The topological polar surface area (TPSA) is 76.2 Å². The minimum Gasteiger partial charge on any atom is -0.324 e. The number of benzene rings is 1. The molecule has 0 saturated heterocycles. The molecule has 1 saturated carbocycles. The third-order valence-electron chi connectivity index (χ3n) is 4.82. The van der Waals surface area contributed by atoms with Crippen molar-refractivity contribution in [1.82, 2.24) is 4.98 Å². The van der Waals surface area contributed by atoms with Crippen LogP contribution in [0.3, 0.4) is 0 Å². The minimum absolute atomic E-state index is 0.118. The van der Waals surface area contributed by atoms with Gasteiger partial charge in [0.25, 0.3) is 0 Å². The number of allylic oxidation sites excluding steroid dienone is 1. The summed E-state index contributed by atoms with van der Waals surface area (Å²) in [5.74, 6) is 0.692. The van der Waals surface area contributed by atoms with E-state index in [1.165, 1.54) is 0 Å². The Morgan fingerprint density at radius 1 is 1.36 bits per heavy atom. The second-order valence-electron chi connectivity index (χ2n) is 6.24. The maximum Gasteiger partial charge on any atom is 0.187 e. The first-order valence-electron chi connectivity index (χ1n) is 7.55. The Hall–Kier alpha value is -1.56. The van der Waals surface area contributed by atoms with Crippen LogP contribution in [-0.4, -0.2) is 13.7 Å². The molecule has 5 heteroatoms. The Labute approximate surface area is 131 Å². The summed E-state index contributed by atoms with van der Waals surface area (Å²) in [6.07, 6.45) is 6.87. The standard InChI is InChI=1S/C17H18N2O2S/c1-2-9-5-14(18)12-7-16(22(20)21)11-6-15(10-3-4-10)19-8-13(11)17(9)12/h2,6-10,14H,1,3-5,18H2,(H,20,21)/t9-,14+/m0/s1. The van der Waals surface area contributed by atoms with Crippen LogP contribution in [0.5, 0.6) is 0 Å². The fraction of sp³-hybridized carbons (Fsp3) is 0.353. The molecular weight excluding hydrogens is 296 g/mol. The van der Waals surface area contributed by atoms with E-state index in [0.29, 0.717) is 10.8 Å². The molecule has 2 aliphatic carbocycles. The Bertz CT molecular complexity index is 814. The van der Waals surface area contributed by atoms with Crippen LogP contribution in [0.15, 0.2) is 35.9 Å². The molecule has 1 aromatic heterocycles. The highest BCUT2D eigenvalue weighted by atomic mass is 32.2. The number of nitrogens with two attached hydrogens (primary N) is 1. The first-order valence-corrected chi connectivity index (χ1v) is 8.66. The van der Waals surface area contributed by atoms with Gasteiger partial charge in [-0.3, -0.25) is 4.98 Å². The molecule has 1 aromatic carbocycles. The van der Waals surface area contributed by atoms with Crippen LogP contribution in [0.1, 0.15) is 54.0 Å². The van der Waals surface area contributed by atoms with Crippen LogP contribution >= 0.6 is 0 Å². The van der Waals surface area contributed by atoms with E-state index < -0.39 is 11.1 Å². The van der Waals surface area contributed by atoms with E-state index in [0.717, 1.165) is 46.9 Å². The van der Waals surface area contributed by atoms with Gasteiger partial charge in [-0.25, -0.2) is 4.21 Å². The molecule has 1 heterocycles. The summed E-state index contributed by atoms with van der Waals surface area (Å²) in [5.41, 5.74) is 9.32. The summed E-state index contributed by atoms with van der Waals surface area (Å²) < 4.78 is 21.5. The van der Waals surface area contributed by atoms with Crippen molar-refractivity contribution in [3.63, 3.8) is 0 Å². The molecule has 4 rings (SSSR count). The van der Waals surface area contributed by atoms with Crippen LogP contribution in [0.2, 0.25) is 0 Å². The highest BCUT2D eigenvalue weighted by Crippen LogP contribution is 2.46. The normalized spacial score (nSPS) is 25.2. The molecule has 2 aromatic rings. The number of aromatic nitrogens is 1. The van der Waals surface area contributed by atoms with E-state index in [2.05, 4.69) is 11.6 Å². The van der Waals surface area contributed by atoms with Gasteiger partial charge in [-0.1, -0.05) is 6.08 Å². The number of pyridine rings is 1. The summed E-state index contributed by atoms with van der Waals surface area (Å²) in [6.45, 7) is 3.91. The Kier molecular flexibility index (Phi) is 3.18. The SMILES string of the molecule is C=C[C@H]1C[C@@H](N)c2cc(S(=O)O)c3cc(C4CC4)ncc3c21. The fourth-order valence-electron chi connectivity index (χ4n) is 3.54. The van der Waals surface area contributed by atoms with Crippen LogP contribution in [0.4, 0.5) is 0 Å². The van der Waals surface area contributed by atoms with E-state index in [1.807, 2.05) is 18.3 Å². The van der Waals surface area contributed by atoms with Gasteiger partial charge in [0.05, 0.1) is 4.90 Å². The third-order valence-corrected chi connectivity index (χ3v) is 5.54. The van der Waals surface area contributed by atoms with E-state index in [1.54, 1.807) is 6.07 Å². The molecule has 4 nitrogen and oxygen atoms in total. The Balaban J connectivity index is 2.05. The molecule has 0 aliphatic heterocycles. The van der Waals surface area contributed by atoms with Crippen molar-refractivity contribution in [3.8, 4) is 0 Å². The number of hydrogen-bond donors (Lipinski definition) is 2. The largest absolute Gasteiger partial charge is 0.324 e. The average Bonchev–Trinajstić information content (AvgIpc) is 3.30. The van der Waals surface area contributed by atoms with Gasteiger partial charge in [0.2, 0.25) is 0 Å². The zero-order valence-electron chi connectivity index (χ0n) is 12.2. The Morgan fingerprint density at radius 3 is 2.77 bits per heavy atom. The van der Waals surface area contributed by atoms with Gasteiger partial charge in [-0.15, -0.1) is 6.58 Å². The average molecular weight is 314 g/mol. The van der Waals surface area contributed by atoms with Crippen LogP contribution < -0.4 is 5.73 Å². The second kappa shape index (κ2) is 4.98. The van der Waals surface area contributed by atoms with Crippen molar-refractivity contribution in [2.24, 2.45) is 5.73 Å². The van der Waals surface area contributed by atoms with Crippen molar-refractivity contribution in [3.05, 3.63) is 47.8 Å². The molecule has 22 heavy (non-hydrogen) atoms. The monoisotopic (exact) mass is 314 g/mol. The summed E-state index contributed by atoms with van der Waals surface area (Å²) in [7, 11) is 0. The quantitative estimate of drug-likeness (QED) is 0.673. The van der Waals surface area contributed by atoms with Gasteiger partial charge in [-0.2, -0.15) is 0 Å². The Morgan fingerprint density at radius 2 is 2.14 bits per heavy atom. The summed E-state index contributed by atoms with van der Waals surface area (Å²) in [6, 6.07) is 3.67. The predicted molar refractivity (Wildman–Crippen MR) is 87.2 cm³/mol. The lowest BCUT2D eigenvalue weighted by atomic mass is 9.95. The summed E-state index contributed by atoms with van der Waals surface area (Å²) in [4.78, 5) is 5.03. The highest BCUT2D eigenvalue weighted by molar-refractivity contribution is 7.79. The minimum atomic E-state index is -2.03. The highest BCUT2D eigenvalue weighted by Gasteiger charge is 2.32. The molecule has 114 valence electrons. The predicted octanol–water partition coefficient (Wildman–Crippen LogP) is 3.37. The maximum absolute atomic E-state index is 11.8. The lowest BCUT2D eigenvalue weighted by molar-refractivity contribution is 0.565.